The number of rotatable bonds is 10. The number of benzene rings is 1. The fraction of sp³-hybridized carbons (Fsp3) is 0.474. The first kappa shape index (κ1) is 18.8. The molecule has 25 heavy (non-hydrogen) atoms. The summed E-state index contributed by atoms with van der Waals surface area (Å²) in [7, 11) is 0. The second-order valence-electron chi connectivity index (χ2n) is 5.99. The summed E-state index contributed by atoms with van der Waals surface area (Å²) in [5.74, 6) is 2.20. The van der Waals surface area contributed by atoms with E-state index in [-0.39, 0.29) is 0 Å². The van der Waals surface area contributed by atoms with Gasteiger partial charge in [0.05, 0.1) is 6.61 Å². The maximum absolute atomic E-state index is 5.69. The van der Waals surface area contributed by atoms with Gasteiger partial charge in [-0.2, -0.15) is 5.10 Å². The minimum absolute atomic E-state index is 0.428. The van der Waals surface area contributed by atoms with Crippen molar-refractivity contribution in [1.29, 1.82) is 0 Å². The van der Waals surface area contributed by atoms with Crippen molar-refractivity contribution in [2.75, 3.05) is 26.2 Å². The standard InChI is InChI=1S/C19H29N5O/c1-3-20-19(22-15-17(2)16-24-13-7-12-23-24)21-11-8-14-25-18-9-5-4-6-10-18/h4-7,9-10,12-13,17H,3,8,11,14-16H2,1-2H3,(H2,20,21,22). The van der Waals surface area contributed by atoms with Crippen LogP contribution in [-0.4, -0.2) is 42.0 Å². The van der Waals surface area contributed by atoms with Gasteiger partial charge in [-0.05, 0) is 37.5 Å². The predicted octanol–water partition coefficient (Wildman–Crippen LogP) is 2.54. The number of nitrogens with zero attached hydrogens (tertiary/aromatic N) is 3. The quantitative estimate of drug-likeness (QED) is 0.395. The summed E-state index contributed by atoms with van der Waals surface area (Å²) in [4.78, 5) is 4.66. The van der Waals surface area contributed by atoms with E-state index in [1.165, 1.54) is 0 Å². The first-order valence-electron chi connectivity index (χ1n) is 8.95. The Morgan fingerprint density at radius 1 is 1.24 bits per heavy atom. The zero-order chi connectivity index (χ0) is 17.7. The van der Waals surface area contributed by atoms with E-state index in [0.717, 1.165) is 44.3 Å². The van der Waals surface area contributed by atoms with Crippen molar-refractivity contribution in [3.05, 3.63) is 48.8 Å². The highest BCUT2D eigenvalue weighted by Gasteiger charge is 2.04. The highest BCUT2D eigenvalue weighted by molar-refractivity contribution is 5.79. The average Bonchev–Trinajstić information content (AvgIpc) is 3.13. The number of nitrogens with one attached hydrogen (secondary N) is 2. The molecule has 0 amide bonds. The van der Waals surface area contributed by atoms with Crippen molar-refractivity contribution >= 4 is 5.96 Å². The normalized spacial score (nSPS) is 12.6. The van der Waals surface area contributed by atoms with E-state index in [9.17, 15) is 0 Å². The minimum Gasteiger partial charge on any atom is -0.494 e. The maximum Gasteiger partial charge on any atom is 0.191 e. The summed E-state index contributed by atoms with van der Waals surface area (Å²) in [5.41, 5.74) is 0. The molecule has 0 saturated heterocycles. The molecule has 0 spiro atoms. The molecule has 136 valence electrons. The Labute approximate surface area is 150 Å². The van der Waals surface area contributed by atoms with Gasteiger partial charge in [0, 0.05) is 38.6 Å². The Balaban J connectivity index is 1.66. The van der Waals surface area contributed by atoms with Crippen molar-refractivity contribution < 1.29 is 4.74 Å². The lowest BCUT2D eigenvalue weighted by atomic mass is 10.2. The van der Waals surface area contributed by atoms with Gasteiger partial charge in [0.15, 0.2) is 5.96 Å². The molecule has 0 radical (unpaired) electrons. The highest BCUT2D eigenvalue weighted by atomic mass is 16.5. The van der Waals surface area contributed by atoms with E-state index in [1.54, 1.807) is 6.20 Å². The van der Waals surface area contributed by atoms with Crippen LogP contribution in [0.2, 0.25) is 0 Å². The monoisotopic (exact) mass is 343 g/mol. The van der Waals surface area contributed by atoms with Gasteiger partial charge >= 0.3 is 0 Å². The summed E-state index contributed by atoms with van der Waals surface area (Å²) in [6.45, 7) is 8.25. The number of ether oxygens (including phenoxy) is 1. The third kappa shape index (κ3) is 7.74. The number of hydrogen-bond donors (Lipinski definition) is 2. The van der Waals surface area contributed by atoms with E-state index in [0.29, 0.717) is 12.5 Å². The van der Waals surface area contributed by atoms with Crippen LogP contribution >= 0.6 is 0 Å². The molecule has 0 aliphatic heterocycles. The fourth-order valence-electron chi connectivity index (χ4n) is 2.36. The lowest BCUT2D eigenvalue weighted by Crippen LogP contribution is -2.38. The lowest BCUT2D eigenvalue weighted by Gasteiger charge is -2.14. The molecule has 0 saturated carbocycles. The van der Waals surface area contributed by atoms with Gasteiger partial charge in [0.2, 0.25) is 0 Å². The summed E-state index contributed by atoms with van der Waals surface area (Å²) in [5, 5.41) is 10.9. The van der Waals surface area contributed by atoms with Gasteiger partial charge in [-0.25, -0.2) is 0 Å². The number of para-hydroxylation sites is 1. The number of aliphatic imine (C=N–C) groups is 1. The van der Waals surface area contributed by atoms with E-state index in [2.05, 4.69) is 34.6 Å². The molecule has 0 bridgehead atoms. The highest BCUT2D eigenvalue weighted by Crippen LogP contribution is 2.08. The molecule has 2 N–H and O–H groups in total. The van der Waals surface area contributed by atoms with Crippen molar-refractivity contribution in [1.82, 2.24) is 20.4 Å². The largest absolute Gasteiger partial charge is 0.494 e. The minimum atomic E-state index is 0.428. The number of guanidine groups is 1. The SMILES string of the molecule is CCNC(=NCC(C)Cn1cccn1)NCCCOc1ccccc1. The Kier molecular flexibility index (Phi) is 8.38. The average molecular weight is 343 g/mol. The molecule has 1 unspecified atom stereocenters. The molecule has 0 aliphatic rings. The molecule has 0 aliphatic carbocycles. The van der Waals surface area contributed by atoms with Gasteiger partial charge in [0.1, 0.15) is 5.75 Å². The molecular formula is C19H29N5O. The Hall–Kier alpha value is -2.50. The van der Waals surface area contributed by atoms with Gasteiger partial charge in [0.25, 0.3) is 0 Å². The smallest absolute Gasteiger partial charge is 0.191 e. The molecule has 0 fully saturated rings. The third-order valence-electron chi connectivity index (χ3n) is 3.59. The van der Waals surface area contributed by atoms with Crippen LogP contribution in [0.3, 0.4) is 0 Å². The predicted molar refractivity (Wildman–Crippen MR) is 102 cm³/mol. The van der Waals surface area contributed by atoms with Crippen LogP contribution in [-0.2, 0) is 6.54 Å². The van der Waals surface area contributed by atoms with E-state index >= 15 is 0 Å². The summed E-state index contributed by atoms with van der Waals surface area (Å²) < 4.78 is 7.64. The van der Waals surface area contributed by atoms with Crippen LogP contribution < -0.4 is 15.4 Å². The van der Waals surface area contributed by atoms with Gasteiger partial charge in [-0.1, -0.05) is 25.1 Å². The van der Waals surface area contributed by atoms with Crippen molar-refractivity contribution in [2.24, 2.45) is 10.9 Å². The Bertz CT molecular complexity index is 598. The van der Waals surface area contributed by atoms with Crippen LogP contribution in [0.25, 0.3) is 0 Å². The zero-order valence-corrected chi connectivity index (χ0v) is 15.2. The fourth-order valence-corrected chi connectivity index (χ4v) is 2.36. The summed E-state index contributed by atoms with van der Waals surface area (Å²) in [6, 6.07) is 11.8. The Morgan fingerprint density at radius 3 is 2.80 bits per heavy atom. The molecule has 6 nitrogen and oxygen atoms in total. The maximum atomic E-state index is 5.69. The van der Waals surface area contributed by atoms with Crippen LogP contribution in [0.15, 0.2) is 53.8 Å². The number of aromatic nitrogens is 2. The molecule has 1 aromatic carbocycles. The molecule has 2 rings (SSSR count). The molecular weight excluding hydrogens is 314 g/mol. The van der Waals surface area contributed by atoms with Crippen LogP contribution in [0.5, 0.6) is 5.75 Å². The third-order valence-corrected chi connectivity index (χ3v) is 3.59. The summed E-state index contributed by atoms with van der Waals surface area (Å²) in [6.07, 6.45) is 4.71. The zero-order valence-electron chi connectivity index (χ0n) is 15.2. The number of hydrogen-bond acceptors (Lipinski definition) is 3. The van der Waals surface area contributed by atoms with Crippen LogP contribution in [0, 0.1) is 5.92 Å². The first-order chi connectivity index (χ1) is 12.3. The lowest BCUT2D eigenvalue weighted by molar-refractivity contribution is 0.311. The molecule has 1 aromatic heterocycles. The van der Waals surface area contributed by atoms with E-state index in [1.807, 2.05) is 47.3 Å². The molecule has 1 atom stereocenters. The van der Waals surface area contributed by atoms with Crippen molar-refractivity contribution in [3.8, 4) is 5.75 Å². The molecule has 6 heteroatoms. The summed E-state index contributed by atoms with van der Waals surface area (Å²) >= 11 is 0. The van der Waals surface area contributed by atoms with Gasteiger partial charge in [-0.15, -0.1) is 0 Å². The molecule has 2 aromatic rings. The van der Waals surface area contributed by atoms with Crippen LogP contribution in [0.4, 0.5) is 0 Å². The second-order valence-corrected chi connectivity index (χ2v) is 5.99. The Morgan fingerprint density at radius 2 is 2.08 bits per heavy atom. The van der Waals surface area contributed by atoms with Crippen LogP contribution in [0.1, 0.15) is 20.3 Å². The first-order valence-corrected chi connectivity index (χ1v) is 8.95. The van der Waals surface area contributed by atoms with Crippen molar-refractivity contribution in [3.63, 3.8) is 0 Å². The van der Waals surface area contributed by atoms with Gasteiger partial charge < -0.3 is 15.4 Å². The van der Waals surface area contributed by atoms with E-state index in [4.69, 9.17) is 4.74 Å². The molecule has 1 heterocycles. The second kappa shape index (κ2) is 11.1. The van der Waals surface area contributed by atoms with Crippen molar-refractivity contribution in [2.45, 2.75) is 26.8 Å². The van der Waals surface area contributed by atoms with E-state index < -0.39 is 0 Å². The topological polar surface area (TPSA) is 63.5 Å². The van der Waals surface area contributed by atoms with Gasteiger partial charge in [-0.3, -0.25) is 9.67 Å².